The van der Waals surface area contributed by atoms with Crippen molar-refractivity contribution in [1.29, 1.82) is 0 Å². The van der Waals surface area contributed by atoms with Crippen molar-refractivity contribution in [1.82, 2.24) is 10.2 Å². The number of urea groups is 1. The van der Waals surface area contributed by atoms with Gasteiger partial charge in [-0.3, -0.25) is 0 Å². The number of aliphatic hydroxyl groups is 1. The summed E-state index contributed by atoms with van der Waals surface area (Å²) in [6.45, 7) is 3.72. The third-order valence-corrected chi connectivity index (χ3v) is 3.58. The number of amides is 2. The molecule has 1 aromatic rings. The Bertz CT molecular complexity index is 460. The summed E-state index contributed by atoms with van der Waals surface area (Å²) in [5.74, 6) is 0.627. The van der Waals surface area contributed by atoms with Gasteiger partial charge in [0.05, 0.1) is 18.2 Å². The minimum absolute atomic E-state index is 0.0353. The molecule has 2 N–H and O–H groups in total. The molecular weight excluding hydrogens is 360 g/mol. The van der Waals surface area contributed by atoms with E-state index < -0.39 is 0 Å². The number of hydrogen-bond donors (Lipinski definition) is 2. The number of carbonyl (C=O) groups excluding carboxylic acids is 1. The summed E-state index contributed by atoms with van der Waals surface area (Å²) >= 11 is 9.36. The van der Waals surface area contributed by atoms with Gasteiger partial charge in [0.25, 0.3) is 0 Å². The molecule has 2 amide bonds. The van der Waals surface area contributed by atoms with E-state index in [1.165, 1.54) is 0 Å². The lowest BCUT2D eigenvalue weighted by Crippen LogP contribution is -2.41. The van der Waals surface area contributed by atoms with Crippen LogP contribution in [0.3, 0.4) is 0 Å². The maximum absolute atomic E-state index is 11.7. The highest BCUT2D eigenvalue weighted by Gasteiger charge is 2.09. The molecule has 0 spiro atoms. The summed E-state index contributed by atoms with van der Waals surface area (Å²) in [5.41, 5.74) is 0. The lowest BCUT2D eigenvalue weighted by atomic mass is 10.3. The van der Waals surface area contributed by atoms with Crippen LogP contribution in [0.5, 0.6) is 5.75 Å². The van der Waals surface area contributed by atoms with E-state index in [1.54, 1.807) is 17.0 Å². The first-order valence-corrected chi connectivity index (χ1v) is 7.97. The molecule has 0 bridgehead atoms. The molecule has 0 saturated heterocycles. The average molecular weight is 380 g/mol. The first-order chi connectivity index (χ1) is 10.1. The Morgan fingerprint density at radius 3 is 2.90 bits per heavy atom. The van der Waals surface area contributed by atoms with Crippen LogP contribution in [0.25, 0.3) is 0 Å². The topological polar surface area (TPSA) is 61.8 Å². The molecule has 5 nitrogen and oxygen atoms in total. The van der Waals surface area contributed by atoms with Gasteiger partial charge in [-0.2, -0.15) is 0 Å². The van der Waals surface area contributed by atoms with E-state index in [-0.39, 0.29) is 12.6 Å². The summed E-state index contributed by atoms with van der Waals surface area (Å²) in [7, 11) is 0. The van der Waals surface area contributed by atoms with Crippen molar-refractivity contribution in [2.24, 2.45) is 0 Å². The van der Waals surface area contributed by atoms with Crippen molar-refractivity contribution < 1.29 is 14.6 Å². The van der Waals surface area contributed by atoms with Gasteiger partial charge >= 0.3 is 6.03 Å². The molecule has 0 aliphatic carbocycles. The first kappa shape index (κ1) is 18.1. The molecule has 0 saturated carbocycles. The largest absolute Gasteiger partial charge is 0.492 e. The normalized spacial score (nSPS) is 10.3. The summed E-state index contributed by atoms with van der Waals surface area (Å²) < 4.78 is 6.45. The van der Waals surface area contributed by atoms with Crippen LogP contribution >= 0.6 is 27.5 Å². The van der Waals surface area contributed by atoms with Crippen LogP contribution in [0.15, 0.2) is 22.7 Å². The Labute approximate surface area is 138 Å². The number of benzene rings is 1. The Kier molecular flexibility index (Phi) is 8.49. The summed E-state index contributed by atoms with van der Waals surface area (Å²) in [4.78, 5) is 13.3. The van der Waals surface area contributed by atoms with Gasteiger partial charge in [-0.05, 0) is 31.5 Å². The van der Waals surface area contributed by atoms with E-state index in [9.17, 15) is 4.79 Å². The van der Waals surface area contributed by atoms with E-state index in [1.807, 2.05) is 13.0 Å². The highest BCUT2D eigenvalue weighted by Crippen LogP contribution is 2.27. The van der Waals surface area contributed by atoms with Crippen LogP contribution in [0.4, 0.5) is 4.79 Å². The van der Waals surface area contributed by atoms with E-state index >= 15 is 0 Å². The van der Waals surface area contributed by atoms with E-state index in [2.05, 4.69) is 21.2 Å². The Morgan fingerprint density at radius 2 is 2.29 bits per heavy atom. The van der Waals surface area contributed by atoms with Crippen LogP contribution in [0.2, 0.25) is 5.02 Å². The molecule has 0 heterocycles. The number of aliphatic hydroxyl groups excluding tert-OH is 1. The number of hydrogen-bond acceptors (Lipinski definition) is 3. The maximum atomic E-state index is 11.7. The van der Waals surface area contributed by atoms with Gasteiger partial charge in [0, 0.05) is 24.1 Å². The second-order valence-electron chi connectivity index (χ2n) is 4.31. The smallest absolute Gasteiger partial charge is 0.317 e. The second-order valence-corrected chi connectivity index (χ2v) is 5.63. The van der Waals surface area contributed by atoms with Crippen LogP contribution in [-0.2, 0) is 0 Å². The zero-order chi connectivity index (χ0) is 15.7. The number of likely N-dealkylation sites (N-methyl/N-ethyl adjacent to an activating group) is 1. The number of nitrogens with one attached hydrogen (secondary N) is 1. The van der Waals surface area contributed by atoms with E-state index in [0.29, 0.717) is 43.4 Å². The van der Waals surface area contributed by atoms with Gasteiger partial charge in [-0.15, -0.1) is 0 Å². The molecular formula is C14H20BrClN2O3. The van der Waals surface area contributed by atoms with Gasteiger partial charge in [0.1, 0.15) is 5.75 Å². The molecule has 21 heavy (non-hydrogen) atoms. The second kappa shape index (κ2) is 9.87. The molecule has 1 aromatic carbocycles. The number of rotatable bonds is 8. The average Bonchev–Trinajstić information content (AvgIpc) is 2.46. The Hall–Kier alpha value is -0.980. The Balaban J connectivity index is 2.23. The molecule has 0 aliphatic rings. The summed E-state index contributed by atoms with van der Waals surface area (Å²) in [6.07, 6.45) is 0.675. The van der Waals surface area contributed by atoms with E-state index in [4.69, 9.17) is 21.4 Å². The molecule has 1 rings (SSSR count). The third-order valence-electron chi connectivity index (χ3n) is 2.79. The van der Waals surface area contributed by atoms with Crippen LogP contribution < -0.4 is 10.1 Å². The Morgan fingerprint density at radius 1 is 1.52 bits per heavy atom. The maximum Gasteiger partial charge on any atom is 0.317 e. The van der Waals surface area contributed by atoms with Crippen LogP contribution in [0.1, 0.15) is 13.3 Å². The predicted molar refractivity (Wildman–Crippen MR) is 87.0 cm³/mol. The number of nitrogens with zero attached hydrogens (tertiary/aromatic N) is 1. The SMILES string of the molecule is CCN(CCO)C(=O)NCCCOc1ccc(Br)cc1Cl. The minimum atomic E-state index is -0.173. The molecule has 0 radical (unpaired) electrons. The minimum Gasteiger partial charge on any atom is -0.492 e. The fourth-order valence-corrected chi connectivity index (χ4v) is 2.41. The predicted octanol–water partition coefficient (Wildman–Crippen LogP) is 2.90. The molecule has 0 aliphatic heterocycles. The van der Waals surface area contributed by atoms with Crippen molar-refractivity contribution >= 4 is 33.6 Å². The van der Waals surface area contributed by atoms with Gasteiger partial charge < -0.3 is 20.1 Å². The first-order valence-electron chi connectivity index (χ1n) is 6.80. The highest BCUT2D eigenvalue weighted by atomic mass is 79.9. The van der Waals surface area contributed by atoms with Crippen LogP contribution in [-0.4, -0.2) is 48.9 Å². The number of halogens is 2. The molecule has 0 fully saturated rings. The summed E-state index contributed by atoms with van der Waals surface area (Å²) in [5, 5.41) is 12.2. The summed E-state index contributed by atoms with van der Waals surface area (Å²) in [6, 6.07) is 5.25. The third kappa shape index (κ3) is 6.54. The number of ether oxygens (including phenoxy) is 1. The molecule has 0 atom stereocenters. The monoisotopic (exact) mass is 378 g/mol. The highest BCUT2D eigenvalue weighted by molar-refractivity contribution is 9.10. The van der Waals surface area contributed by atoms with Gasteiger partial charge in [0.15, 0.2) is 0 Å². The quantitative estimate of drug-likeness (QED) is 0.683. The van der Waals surface area contributed by atoms with Gasteiger partial charge in [0.2, 0.25) is 0 Å². The fourth-order valence-electron chi connectivity index (χ4n) is 1.68. The van der Waals surface area contributed by atoms with Crippen molar-refractivity contribution in [3.05, 3.63) is 27.7 Å². The van der Waals surface area contributed by atoms with Gasteiger partial charge in [-0.25, -0.2) is 4.79 Å². The van der Waals surface area contributed by atoms with Crippen molar-refractivity contribution in [2.75, 3.05) is 32.8 Å². The van der Waals surface area contributed by atoms with E-state index in [0.717, 1.165) is 4.47 Å². The number of carbonyl (C=O) groups is 1. The standard InChI is InChI=1S/C14H20BrClN2O3/c1-2-18(7-8-19)14(20)17-6-3-9-21-13-5-4-11(15)10-12(13)16/h4-5,10,19H,2-3,6-9H2,1H3,(H,17,20). The van der Waals surface area contributed by atoms with Crippen LogP contribution in [0, 0.1) is 0 Å². The van der Waals surface area contributed by atoms with Crippen molar-refractivity contribution in [3.8, 4) is 5.75 Å². The van der Waals surface area contributed by atoms with Crippen molar-refractivity contribution in [3.63, 3.8) is 0 Å². The zero-order valence-electron chi connectivity index (χ0n) is 11.9. The van der Waals surface area contributed by atoms with Gasteiger partial charge in [-0.1, -0.05) is 27.5 Å². The molecule has 0 unspecified atom stereocenters. The lowest BCUT2D eigenvalue weighted by molar-refractivity contribution is 0.179. The molecule has 0 aromatic heterocycles. The zero-order valence-corrected chi connectivity index (χ0v) is 14.3. The molecule has 118 valence electrons. The lowest BCUT2D eigenvalue weighted by Gasteiger charge is -2.20. The van der Waals surface area contributed by atoms with Crippen molar-refractivity contribution in [2.45, 2.75) is 13.3 Å². The molecule has 7 heteroatoms. The fraction of sp³-hybridized carbons (Fsp3) is 0.500.